The van der Waals surface area contributed by atoms with Crippen molar-refractivity contribution in [3.8, 4) is 0 Å². The van der Waals surface area contributed by atoms with Gasteiger partial charge in [0, 0.05) is 18.3 Å². The van der Waals surface area contributed by atoms with E-state index in [1.54, 1.807) is 32.9 Å². The molecule has 7 heteroatoms. The molecule has 0 unspecified atom stereocenters. The lowest BCUT2D eigenvalue weighted by atomic mass is 10.2. The number of hydrogen-bond acceptors (Lipinski definition) is 4. The molecule has 0 aromatic carbocycles. The van der Waals surface area contributed by atoms with Crippen LogP contribution < -0.4 is 5.32 Å². The molecule has 114 valence electrons. The Labute approximate surface area is 127 Å². The third-order valence-electron chi connectivity index (χ3n) is 2.17. The number of carboxylic acid groups (broad SMARTS) is 1. The van der Waals surface area contributed by atoms with Crippen molar-refractivity contribution < 1.29 is 19.4 Å². The maximum atomic E-state index is 11.4. The van der Waals surface area contributed by atoms with Crippen molar-refractivity contribution in [2.24, 2.45) is 0 Å². The molecule has 0 saturated heterocycles. The first-order valence-electron chi connectivity index (χ1n) is 6.21. The van der Waals surface area contributed by atoms with E-state index in [4.69, 9.17) is 21.4 Å². The Morgan fingerprint density at radius 1 is 1.48 bits per heavy atom. The first-order chi connectivity index (χ1) is 9.69. The van der Waals surface area contributed by atoms with Gasteiger partial charge in [0.15, 0.2) is 0 Å². The highest BCUT2D eigenvalue weighted by molar-refractivity contribution is 6.30. The number of aromatic nitrogens is 1. The highest BCUT2D eigenvalue weighted by Crippen LogP contribution is 2.16. The summed E-state index contributed by atoms with van der Waals surface area (Å²) in [5.74, 6) is -1.08. The van der Waals surface area contributed by atoms with E-state index in [1.165, 1.54) is 12.3 Å². The van der Waals surface area contributed by atoms with Crippen molar-refractivity contribution >= 4 is 29.7 Å². The molecule has 0 spiro atoms. The Balaban J connectivity index is 2.60. The number of carboxylic acids is 1. The number of pyridine rings is 1. The van der Waals surface area contributed by atoms with Crippen molar-refractivity contribution in [1.29, 1.82) is 0 Å². The minimum Gasteiger partial charge on any atom is -0.478 e. The number of rotatable bonds is 4. The Morgan fingerprint density at radius 2 is 2.14 bits per heavy atom. The summed E-state index contributed by atoms with van der Waals surface area (Å²) < 4.78 is 5.06. The fourth-order valence-corrected chi connectivity index (χ4v) is 1.51. The summed E-state index contributed by atoms with van der Waals surface area (Å²) in [4.78, 5) is 26.0. The third kappa shape index (κ3) is 6.27. The fourth-order valence-electron chi connectivity index (χ4n) is 1.34. The second-order valence-corrected chi connectivity index (χ2v) is 5.55. The summed E-state index contributed by atoms with van der Waals surface area (Å²) >= 11 is 5.86. The minimum atomic E-state index is -1.08. The lowest BCUT2D eigenvalue weighted by Gasteiger charge is -2.19. The monoisotopic (exact) mass is 312 g/mol. The number of ether oxygens (including phenoxy) is 1. The van der Waals surface area contributed by atoms with Crippen LogP contribution in [-0.4, -0.2) is 34.3 Å². The van der Waals surface area contributed by atoms with Crippen LogP contribution in [0.5, 0.6) is 0 Å². The van der Waals surface area contributed by atoms with Gasteiger partial charge in [-0.1, -0.05) is 23.8 Å². The van der Waals surface area contributed by atoms with Crippen molar-refractivity contribution in [3.05, 3.63) is 34.6 Å². The molecule has 0 saturated carbocycles. The van der Waals surface area contributed by atoms with Crippen LogP contribution in [0.3, 0.4) is 0 Å². The van der Waals surface area contributed by atoms with Crippen molar-refractivity contribution in [2.75, 3.05) is 6.54 Å². The van der Waals surface area contributed by atoms with Gasteiger partial charge in [0.05, 0.1) is 5.56 Å². The zero-order valence-electron chi connectivity index (χ0n) is 12.0. The van der Waals surface area contributed by atoms with Gasteiger partial charge in [-0.3, -0.25) is 0 Å². The predicted molar refractivity (Wildman–Crippen MR) is 79.5 cm³/mol. The molecule has 6 nitrogen and oxygen atoms in total. The van der Waals surface area contributed by atoms with Gasteiger partial charge in [-0.2, -0.15) is 0 Å². The topological polar surface area (TPSA) is 88.5 Å². The molecular weight excluding hydrogens is 296 g/mol. The van der Waals surface area contributed by atoms with Crippen LogP contribution in [0.25, 0.3) is 6.08 Å². The molecule has 0 aliphatic carbocycles. The van der Waals surface area contributed by atoms with E-state index in [0.717, 1.165) is 0 Å². The fraction of sp³-hybridized carbons (Fsp3) is 0.357. The molecular formula is C14H17ClN2O4. The maximum absolute atomic E-state index is 11.4. The number of alkyl carbamates (subject to hydrolysis) is 1. The minimum absolute atomic E-state index is 0.0409. The number of carbonyl (C=O) groups excluding carboxylic acids is 1. The van der Waals surface area contributed by atoms with Crippen LogP contribution in [-0.2, 0) is 4.74 Å². The smallest absolute Gasteiger partial charge is 0.407 e. The first-order valence-corrected chi connectivity index (χ1v) is 6.59. The Hall–Kier alpha value is -2.08. The first kappa shape index (κ1) is 17.0. The molecule has 1 aromatic heterocycles. The predicted octanol–water partition coefficient (Wildman–Crippen LogP) is 2.97. The number of halogens is 1. The average molecular weight is 313 g/mol. The maximum Gasteiger partial charge on any atom is 0.407 e. The van der Waals surface area contributed by atoms with Gasteiger partial charge in [-0.05, 0) is 26.8 Å². The van der Waals surface area contributed by atoms with Crippen LogP contribution in [0.4, 0.5) is 4.79 Å². The number of nitrogens with one attached hydrogen (secondary N) is 1. The van der Waals surface area contributed by atoms with Crippen LogP contribution in [0.15, 0.2) is 18.3 Å². The van der Waals surface area contributed by atoms with E-state index in [1.807, 2.05) is 0 Å². The summed E-state index contributed by atoms with van der Waals surface area (Å²) in [7, 11) is 0. The van der Waals surface area contributed by atoms with Crippen LogP contribution >= 0.6 is 11.6 Å². The number of carbonyl (C=O) groups is 2. The van der Waals surface area contributed by atoms with Crippen molar-refractivity contribution in [2.45, 2.75) is 26.4 Å². The van der Waals surface area contributed by atoms with E-state index in [-0.39, 0.29) is 17.3 Å². The molecule has 2 N–H and O–H groups in total. The van der Waals surface area contributed by atoms with E-state index in [9.17, 15) is 9.59 Å². The summed E-state index contributed by atoms with van der Waals surface area (Å²) in [5.41, 5.74) is -0.0571. The second-order valence-electron chi connectivity index (χ2n) is 5.19. The summed E-state index contributed by atoms with van der Waals surface area (Å²) in [6.07, 6.45) is 3.86. The van der Waals surface area contributed by atoms with Gasteiger partial charge < -0.3 is 15.2 Å². The second kappa shape index (κ2) is 7.08. The summed E-state index contributed by atoms with van der Waals surface area (Å²) in [5, 5.41) is 11.6. The van der Waals surface area contributed by atoms with E-state index in [0.29, 0.717) is 5.56 Å². The zero-order chi connectivity index (χ0) is 16.0. The largest absolute Gasteiger partial charge is 0.478 e. The number of hydrogen-bond donors (Lipinski definition) is 2. The quantitative estimate of drug-likeness (QED) is 0.834. The van der Waals surface area contributed by atoms with Crippen LogP contribution in [0.1, 0.15) is 36.7 Å². The molecule has 0 radical (unpaired) electrons. The molecule has 0 aliphatic rings. The van der Waals surface area contributed by atoms with Gasteiger partial charge in [-0.15, -0.1) is 0 Å². The van der Waals surface area contributed by atoms with Gasteiger partial charge >= 0.3 is 12.1 Å². The standard InChI is InChI=1S/C14H17ClN2O4/c1-14(2,3)21-13(20)16-6-4-5-9-7-10(12(18)19)8-17-11(9)15/h4-5,7-8H,6H2,1-3H3,(H,16,20)(H,18,19). The SMILES string of the molecule is CC(C)(C)OC(=O)NCC=Cc1cc(C(=O)O)cnc1Cl. The molecule has 1 amide bonds. The molecule has 21 heavy (non-hydrogen) atoms. The summed E-state index contributed by atoms with van der Waals surface area (Å²) in [6.45, 7) is 5.53. The third-order valence-corrected chi connectivity index (χ3v) is 2.49. The number of aromatic carboxylic acids is 1. The molecule has 0 fully saturated rings. The Bertz CT molecular complexity index is 565. The van der Waals surface area contributed by atoms with Crippen molar-refractivity contribution in [1.82, 2.24) is 10.3 Å². The normalized spacial score (nSPS) is 11.4. The van der Waals surface area contributed by atoms with Gasteiger partial charge in [0.1, 0.15) is 10.8 Å². The number of nitrogens with zero attached hydrogens (tertiary/aromatic N) is 1. The van der Waals surface area contributed by atoms with Crippen LogP contribution in [0, 0.1) is 0 Å². The zero-order valence-corrected chi connectivity index (χ0v) is 12.8. The van der Waals surface area contributed by atoms with E-state index < -0.39 is 17.7 Å². The average Bonchev–Trinajstić information content (AvgIpc) is 2.34. The van der Waals surface area contributed by atoms with E-state index in [2.05, 4.69) is 10.3 Å². The molecule has 0 bridgehead atoms. The lowest BCUT2D eigenvalue weighted by molar-refractivity contribution is 0.0533. The highest BCUT2D eigenvalue weighted by Gasteiger charge is 2.15. The molecule has 0 aliphatic heterocycles. The van der Waals surface area contributed by atoms with E-state index >= 15 is 0 Å². The molecule has 1 aromatic rings. The lowest BCUT2D eigenvalue weighted by Crippen LogP contribution is -2.32. The molecule has 1 heterocycles. The van der Waals surface area contributed by atoms with Gasteiger partial charge in [0.25, 0.3) is 0 Å². The number of amides is 1. The summed E-state index contributed by atoms with van der Waals surface area (Å²) in [6, 6.07) is 1.40. The molecule has 1 rings (SSSR count). The molecule has 0 atom stereocenters. The highest BCUT2D eigenvalue weighted by atomic mass is 35.5. The van der Waals surface area contributed by atoms with Crippen LogP contribution in [0.2, 0.25) is 5.15 Å². The Morgan fingerprint density at radius 3 is 2.71 bits per heavy atom. The van der Waals surface area contributed by atoms with Gasteiger partial charge in [-0.25, -0.2) is 14.6 Å². The van der Waals surface area contributed by atoms with Crippen molar-refractivity contribution in [3.63, 3.8) is 0 Å². The Kier molecular flexibility index (Phi) is 5.72. The van der Waals surface area contributed by atoms with Gasteiger partial charge in [0.2, 0.25) is 0 Å².